The summed E-state index contributed by atoms with van der Waals surface area (Å²) < 4.78 is 13.2. The van der Waals surface area contributed by atoms with Crippen LogP contribution in [0.3, 0.4) is 0 Å². The Labute approximate surface area is 207 Å². The van der Waals surface area contributed by atoms with Gasteiger partial charge in [0.05, 0.1) is 12.6 Å². The molecule has 3 aliphatic carbocycles. The minimum Gasteiger partial charge on any atom is -0.429 e. The Morgan fingerprint density at radius 2 is 1.80 bits per heavy atom. The minimum absolute atomic E-state index is 0.148. The Morgan fingerprint density at radius 1 is 1.06 bits per heavy atom. The van der Waals surface area contributed by atoms with E-state index in [4.69, 9.17) is 14.6 Å². The number of fused-ring (bicyclic) bond motifs is 3. The normalized spacial score (nSPS) is 25.6. The topological polar surface area (TPSA) is 82.4 Å². The molecule has 1 N–H and O–H groups in total. The van der Waals surface area contributed by atoms with Crippen molar-refractivity contribution < 1.29 is 19.1 Å². The molecule has 0 spiro atoms. The zero-order valence-corrected chi connectivity index (χ0v) is 21.1. The summed E-state index contributed by atoms with van der Waals surface area (Å²) in [6, 6.07) is 10.1. The van der Waals surface area contributed by atoms with Crippen molar-refractivity contribution >= 4 is 12.1 Å². The van der Waals surface area contributed by atoms with E-state index >= 15 is 0 Å². The van der Waals surface area contributed by atoms with Crippen LogP contribution in [0.25, 0.3) is 0 Å². The summed E-state index contributed by atoms with van der Waals surface area (Å²) in [7, 11) is 0. The van der Waals surface area contributed by atoms with Crippen LogP contribution < -0.4 is 5.32 Å². The first-order valence-electron chi connectivity index (χ1n) is 13.1. The van der Waals surface area contributed by atoms with Gasteiger partial charge in [0.25, 0.3) is 5.91 Å². The summed E-state index contributed by atoms with van der Waals surface area (Å²) >= 11 is 0. The minimum atomic E-state index is -0.657. The number of nitrogens with one attached hydrogen (secondary N) is 1. The monoisotopic (exact) mass is 479 g/mol. The molecule has 5 rings (SSSR count). The van der Waals surface area contributed by atoms with Crippen LogP contribution in [0.2, 0.25) is 0 Å². The summed E-state index contributed by atoms with van der Waals surface area (Å²) in [6.07, 6.45) is 7.21. The molecule has 2 saturated carbocycles. The van der Waals surface area contributed by atoms with Gasteiger partial charge in [-0.1, -0.05) is 36.8 Å². The number of hydrogen-bond donors (Lipinski definition) is 1. The van der Waals surface area contributed by atoms with Crippen molar-refractivity contribution in [3.05, 3.63) is 52.8 Å². The van der Waals surface area contributed by atoms with Gasteiger partial charge in [0.15, 0.2) is 5.69 Å². The summed E-state index contributed by atoms with van der Waals surface area (Å²) in [5.41, 5.74) is 3.37. The highest BCUT2D eigenvalue weighted by atomic mass is 16.7. The second-order valence-electron chi connectivity index (χ2n) is 11.4. The number of aromatic nitrogens is 2. The summed E-state index contributed by atoms with van der Waals surface area (Å²) in [5.74, 6) is 0.442. The highest BCUT2D eigenvalue weighted by Crippen LogP contribution is 2.46. The van der Waals surface area contributed by atoms with Gasteiger partial charge in [-0.15, -0.1) is 0 Å². The third kappa shape index (κ3) is 5.24. The highest BCUT2D eigenvalue weighted by Gasteiger charge is 2.51. The van der Waals surface area contributed by atoms with E-state index in [1.165, 1.54) is 17.7 Å². The summed E-state index contributed by atoms with van der Waals surface area (Å²) in [6.45, 7) is 6.14. The fraction of sp³-hybridized carbons (Fsp3) is 0.607. The molecule has 7 nitrogen and oxygen atoms in total. The van der Waals surface area contributed by atoms with Crippen molar-refractivity contribution in [2.45, 2.75) is 96.4 Å². The molecule has 0 saturated heterocycles. The third-order valence-corrected chi connectivity index (χ3v) is 7.66. The predicted octanol–water partition coefficient (Wildman–Crippen LogP) is 5.05. The molecule has 1 amide bonds. The van der Waals surface area contributed by atoms with Crippen molar-refractivity contribution in [3.63, 3.8) is 0 Å². The molecular formula is C28H37N3O4. The molecule has 7 heteroatoms. The molecule has 2 fully saturated rings. The lowest BCUT2D eigenvalue weighted by Gasteiger charge is -2.31. The highest BCUT2D eigenvalue weighted by molar-refractivity contribution is 5.94. The van der Waals surface area contributed by atoms with Crippen LogP contribution in [0.5, 0.6) is 0 Å². The molecule has 1 aromatic heterocycles. The maximum Gasteiger partial charge on any atom is 0.509 e. The van der Waals surface area contributed by atoms with E-state index in [1.54, 1.807) is 0 Å². The van der Waals surface area contributed by atoms with Gasteiger partial charge in [-0.2, -0.15) is 5.10 Å². The lowest BCUT2D eigenvalue weighted by Crippen LogP contribution is -2.49. The van der Waals surface area contributed by atoms with Gasteiger partial charge < -0.3 is 14.8 Å². The first-order valence-corrected chi connectivity index (χ1v) is 13.1. The lowest BCUT2D eigenvalue weighted by molar-refractivity contribution is -0.0449. The Bertz CT molecular complexity index is 1070. The third-order valence-electron chi connectivity index (χ3n) is 7.66. The Hall–Kier alpha value is -2.83. The molecule has 2 bridgehead atoms. The number of rotatable bonds is 5. The second kappa shape index (κ2) is 9.67. The van der Waals surface area contributed by atoms with E-state index in [2.05, 4.69) is 17.4 Å². The van der Waals surface area contributed by atoms with Gasteiger partial charge in [0, 0.05) is 11.3 Å². The van der Waals surface area contributed by atoms with Crippen molar-refractivity contribution in [2.24, 2.45) is 11.8 Å². The second-order valence-corrected chi connectivity index (χ2v) is 11.4. The SMILES string of the molecule is CC(C)(C)OC(=O)O[C@H]1C2CCC(C2)[C@H]1NC(=O)c1nn(Cc2ccccc2)c2c1CCCCC2. The van der Waals surface area contributed by atoms with Crippen LogP contribution in [0, 0.1) is 11.8 Å². The summed E-state index contributed by atoms with van der Waals surface area (Å²) in [5, 5.41) is 8.08. The standard InChI is InChI=1S/C28H37N3O4/c1-28(2,3)35-27(33)34-25-20-15-14-19(16-20)23(25)29-26(32)24-21-12-8-5-9-13-22(21)31(30-24)17-18-10-6-4-7-11-18/h4,6-7,10-11,19-20,23,25H,5,8-9,12-17H2,1-3H3,(H,29,32)/t19?,20?,23-,25+/m1/s1. The van der Waals surface area contributed by atoms with E-state index in [0.29, 0.717) is 18.2 Å². The fourth-order valence-electron chi connectivity index (χ4n) is 6.13. The maximum absolute atomic E-state index is 13.6. The first-order chi connectivity index (χ1) is 16.8. The zero-order valence-electron chi connectivity index (χ0n) is 21.1. The largest absolute Gasteiger partial charge is 0.509 e. The Balaban J connectivity index is 1.36. The van der Waals surface area contributed by atoms with Gasteiger partial charge in [-0.25, -0.2) is 4.79 Å². The van der Waals surface area contributed by atoms with Crippen LogP contribution in [-0.2, 0) is 28.9 Å². The smallest absolute Gasteiger partial charge is 0.429 e. The molecule has 2 aromatic rings. The first kappa shape index (κ1) is 23.9. The molecule has 4 atom stereocenters. The van der Waals surface area contributed by atoms with Crippen LogP contribution in [0.15, 0.2) is 30.3 Å². The van der Waals surface area contributed by atoms with Crippen LogP contribution >= 0.6 is 0 Å². The van der Waals surface area contributed by atoms with E-state index in [-0.39, 0.29) is 24.0 Å². The number of carbonyl (C=O) groups is 2. The molecule has 35 heavy (non-hydrogen) atoms. The van der Waals surface area contributed by atoms with Gasteiger partial charge in [-0.05, 0) is 83.1 Å². The Kier molecular flexibility index (Phi) is 6.60. The van der Waals surface area contributed by atoms with Gasteiger partial charge in [0.2, 0.25) is 0 Å². The average molecular weight is 480 g/mol. The van der Waals surface area contributed by atoms with E-state index in [9.17, 15) is 9.59 Å². The molecule has 3 aliphatic rings. The Morgan fingerprint density at radius 3 is 2.57 bits per heavy atom. The van der Waals surface area contributed by atoms with Gasteiger partial charge >= 0.3 is 6.16 Å². The molecule has 1 heterocycles. The fourth-order valence-corrected chi connectivity index (χ4v) is 6.13. The van der Waals surface area contributed by atoms with Crippen molar-refractivity contribution in [1.29, 1.82) is 0 Å². The number of amides is 1. The molecule has 0 radical (unpaired) electrons. The molecule has 2 unspecified atom stereocenters. The number of carbonyl (C=O) groups excluding carboxylic acids is 2. The van der Waals surface area contributed by atoms with E-state index < -0.39 is 11.8 Å². The van der Waals surface area contributed by atoms with Crippen molar-refractivity contribution in [1.82, 2.24) is 15.1 Å². The number of ether oxygens (including phenoxy) is 2. The van der Waals surface area contributed by atoms with E-state index in [1.807, 2.05) is 43.7 Å². The average Bonchev–Trinajstić information content (AvgIpc) is 3.43. The van der Waals surface area contributed by atoms with Gasteiger partial charge in [0.1, 0.15) is 11.7 Å². The number of nitrogens with zero attached hydrogens (tertiary/aromatic N) is 2. The van der Waals surface area contributed by atoms with Gasteiger partial charge in [-0.3, -0.25) is 9.48 Å². The number of hydrogen-bond acceptors (Lipinski definition) is 5. The van der Waals surface area contributed by atoms with Crippen LogP contribution in [0.1, 0.15) is 86.6 Å². The van der Waals surface area contributed by atoms with Crippen LogP contribution in [0.4, 0.5) is 4.79 Å². The summed E-state index contributed by atoms with van der Waals surface area (Å²) in [4.78, 5) is 26.1. The lowest BCUT2D eigenvalue weighted by atomic mass is 9.92. The predicted molar refractivity (Wildman–Crippen MR) is 132 cm³/mol. The van der Waals surface area contributed by atoms with Crippen molar-refractivity contribution in [2.75, 3.05) is 0 Å². The molecule has 1 aromatic carbocycles. The quantitative estimate of drug-likeness (QED) is 0.479. The number of benzene rings is 1. The molecule has 188 valence electrons. The van der Waals surface area contributed by atoms with Crippen molar-refractivity contribution in [3.8, 4) is 0 Å². The zero-order chi connectivity index (χ0) is 24.6. The van der Waals surface area contributed by atoms with E-state index in [0.717, 1.165) is 50.5 Å². The van der Waals surface area contributed by atoms with Crippen LogP contribution in [-0.4, -0.2) is 39.6 Å². The maximum atomic E-state index is 13.6. The molecule has 0 aliphatic heterocycles. The molecular weight excluding hydrogens is 442 g/mol.